The van der Waals surface area contributed by atoms with Gasteiger partial charge in [-0.1, -0.05) is 6.07 Å². The molecule has 2 N–H and O–H groups in total. The molecular formula is C12H9N5. The number of anilines is 1. The maximum Gasteiger partial charge on any atom is 0.131 e. The molecule has 0 radical (unpaired) electrons. The van der Waals surface area contributed by atoms with Gasteiger partial charge in [0, 0.05) is 5.56 Å². The van der Waals surface area contributed by atoms with Crippen LogP contribution in [0.4, 0.5) is 5.82 Å². The van der Waals surface area contributed by atoms with Gasteiger partial charge >= 0.3 is 0 Å². The average Bonchev–Trinajstić information content (AvgIpc) is 2.72. The number of aromatic nitrogens is 2. The highest BCUT2D eigenvalue weighted by atomic mass is 15.3. The summed E-state index contributed by atoms with van der Waals surface area (Å²) in [6.07, 6.45) is 1.79. The Balaban J connectivity index is 2.47. The second-order valence-electron chi connectivity index (χ2n) is 3.46. The number of benzene rings is 1. The van der Waals surface area contributed by atoms with E-state index in [1.165, 1.54) is 4.68 Å². The first kappa shape index (κ1) is 10.7. The summed E-state index contributed by atoms with van der Waals surface area (Å²) in [4.78, 5) is 0. The van der Waals surface area contributed by atoms with Crippen molar-refractivity contribution in [3.8, 4) is 17.8 Å². The third-order valence-corrected chi connectivity index (χ3v) is 2.38. The van der Waals surface area contributed by atoms with E-state index in [1.54, 1.807) is 30.5 Å². The summed E-state index contributed by atoms with van der Waals surface area (Å²) in [5, 5.41) is 21.5. The highest BCUT2D eigenvalue weighted by Crippen LogP contribution is 2.18. The highest BCUT2D eigenvalue weighted by molar-refractivity contribution is 5.50. The fourth-order valence-electron chi connectivity index (χ4n) is 1.53. The van der Waals surface area contributed by atoms with Crippen LogP contribution in [0.2, 0.25) is 0 Å². The van der Waals surface area contributed by atoms with Crippen LogP contribution in [0.15, 0.2) is 30.5 Å². The van der Waals surface area contributed by atoms with Gasteiger partial charge in [-0.05, 0) is 18.2 Å². The van der Waals surface area contributed by atoms with E-state index >= 15 is 0 Å². The Morgan fingerprint density at radius 2 is 2.18 bits per heavy atom. The normalized spacial score (nSPS) is 9.53. The molecule has 1 heterocycles. The molecule has 0 bridgehead atoms. The van der Waals surface area contributed by atoms with Crippen molar-refractivity contribution in [1.82, 2.24) is 9.78 Å². The monoisotopic (exact) mass is 223 g/mol. The maximum absolute atomic E-state index is 8.81. The van der Waals surface area contributed by atoms with Crippen molar-refractivity contribution < 1.29 is 0 Å². The first-order valence-electron chi connectivity index (χ1n) is 4.96. The fraction of sp³-hybridized carbons (Fsp3) is 0.0833. The van der Waals surface area contributed by atoms with Gasteiger partial charge in [0.05, 0.1) is 36.0 Å². The lowest BCUT2D eigenvalue weighted by atomic mass is 10.2. The molecule has 0 saturated heterocycles. The van der Waals surface area contributed by atoms with Gasteiger partial charge in [0.15, 0.2) is 0 Å². The zero-order valence-corrected chi connectivity index (χ0v) is 8.96. The lowest BCUT2D eigenvalue weighted by Gasteiger charge is -2.04. The van der Waals surface area contributed by atoms with Crippen molar-refractivity contribution >= 4 is 5.82 Å². The molecule has 0 atom stereocenters. The van der Waals surface area contributed by atoms with Gasteiger partial charge in [0.25, 0.3) is 0 Å². The first-order chi connectivity index (χ1) is 8.26. The van der Waals surface area contributed by atoms with E-state index in [2.05, 4.69) is 11.2 Å². The van der Waals surface area contributed by atoms with Gasteiger partial charge in [-0.3, -0.25) is 0 Å². The Hall–Kier alpha value is -2.79. The van der Waals surface area contributed by atoms with E-state index in [0.717, 1.165) is 0 Å². The van der Waals surface area contributed by atoms with Gasteiger partial charge < -0.3 is 5.73 Å². The Bertz CT molecular complexity index is 627. The van der Waals surface area contributed by atoms with Crippen LogP contribution in [0.1, 0.15) is 11.1 Å². The molecule has 2 aromatic rings. The maximum atomic E-state index is 8.81. The van der Waals surface area contributed by atoms with Crippen LogP contribution in [0.3, 0.4) is 0 Å². The van der Waals surface area contributed by atoms with E-state index in [-0.39, 0.29) is 6.42 Å². The second-order valence-corrected chi connectivity index (χ2v) is 3.46. The smallest absolute Gasteiger partial charge is 0.131 e. The Kier molecular flexibility index (Phi) is 2.76. The molecule has 0 amide bonds. The SMILES string of the molecule is N#CCc1cnn(-c2cccc(C#N)c2)c1N. The molecule has 0 unspecified atom stereocenters. The molecule has 0 aliphatic rings. The first-order valence-corrected chi connectivity index (χ1v) is 4.96. The predicted octanol–water partition coefficient (Wildman–Crippen LogP) is 1.39. The van der Waals surface area contributed by atoms with Crippen LogP contribution >= 0.6 is 0 Å². The zero-order valence-electron chi connectivity index (χ0n) is 8.96. The molecule has 2 rings (SSSR count). The highest BCUT2D eigenvalue weighted by Gasteiger charge is 2.08. The lowest BCUT2D eigenvalue weighted by molar-refractivity contribution is 0.890. The number of nitrogen functional groups attached to an aromatic ring is 1. The standard InChI is InChI=1S/C12H9N5/c13-5-4-10-8-16-17(12(10)15)11-3-1-2-9(6-11)7-14/h1-3,6,8H,4,15H2. The third kappa shape index (κ3) is 1.95. The van der Waals surface area contributed by atoms with E-state index in [1.807, 2.05) is 6.07 Å². The Morgan fingerprint density at radius 1 is 1.35 bits per heavy atom. The lowest BCUT2D eigenvalue weighted by Crippen LogP contribution is -2.03. The predicted molar refractivity (Wildman–Crippen MR) is 62.0 cm³/mol. The fourth-order valence-corrected chi connectivity index (χ4v) is 1.53. The molecule has 0 spiro atoms. The van der Waals surface area contributed by atoms with Crippen molar-refractivity contribution in [2.24, 2.45) is 0 Å². The van der Waals surface area contributed by atoms with Crippen molar-refractivity contribution in [3.05, 3.63) is 41.6 Å². The molecule has 0 aliphatic heterocycles. The number of hydrogen-bond donors (Lipinski definition) is 1. The Labute approximate surface area is 98.3 Å². The van der Waals surface area contributed by atoms with Crippen molar-refractivity contribution in [2.45, 2.75) is 6.42 Å². The van der Waals surface area contributed by atoms with E-state index in [9.17, 15) is 0 Å². The molecule has 1 aromatic heterocycles. The summed E-state index contributed by atoms with van der Waals surface area (Å²) >= 11 is 0. The summed E-state index contributed by atoms with van der Waals surface area (Å²) in [5.74, 6) is 0.432. The van der Waals surface area contributed by atoms with Crippen LogP contribution in [-0.4, -0.2) is 9.78 Å². The van der Waals surface area contributed by atoms with Gasteiger partial charge in [0.1, 0.15) is 5.82 Å². The Morgan fingerprint density at radius 3 is 2.88 bits per heavy atom. The summed E-state index contributed by atoms with van der Waals surface area (Å²) in [6, 6.07) is 11.1. The van der Waals surface area contributed by atoms with E-state index in [4.69, 9.17) is 16.3 Å². The number of nitriles is 2. The van der Waals surface area contributed by atoms with Gasteiger partial charge in [-0.25, -0.2) is 4.68 Å². The third-order valence-electron chi connectivity index (χ3n) is 2.38. The molecule has 0 fully saturated rings. The molecule has 17 heavy (non-hydrogen) atoms. The van der Waals surface area contributed by atoms with Crippen LogP contribution < -0.4 is 5.73 Å². The molecule has 1 aromatic carbocycles. The molecular weight excluding hydrogens is 214 g/mol. The van der Waals surface area contributed by atoms with Gasteiger partial charge in [-0.15, -0.1) is 0 Å². The minimum absolute atomic E-state index is 0.226. The molecule has 82 valence electrons. The molecule has 0 aliphatic carbocycles. The summed E-state index contributed by atoms with van der Waals surface area (Å²) < 4.78 is 1.52. The van der Waals surface area contributed by atoms with Crippen LogP contribution in [-0.2, 0) is 6.42 Å². The van der Waals surface area contributed by atoms with Gasteiger partial charge in [-0.2, -0.15) is 15.6 Å². The van der Waals surface area contributed by atoms with Crippen LogP contribution in [0.5, 0.6) is 0 Å². The summed E-state index contributed by atoms with van der Waals surface area (Å²) in [7, 11) is 0. The quantitative estimate of drug-likeness (QED) is 0.832. The zero-order chi connectivity index (χ0) is 12.3. The van der Waals surface area contributed by atoms with E-state index < -0.39 is 0 Å². The minimum Gasteiger partial charge on any atom is -0.383 e. The number of hydrogen-bond acceptors (Lipinski definition) is 4. The van der Waals surface area contributed by atoms with Crippen molar-refractivity contribution in [2.75, 3.05) is 5.73 Å². The summed E-state index contributed by atoms with van der Waals surface area (Å²) in [6.45, 7) is 0. The van der Waals surface area contributed by atoms with Crippen LogP contribution in [0.25, 0.3) is 5.69 Å². The average molecular weight is 223 g/mol. The molecule has 5 nitrogen and oxygen atoms in total. The number of nitrogens with two attached hydrogens (primary N) is 1. The number of rotatable bonds is 2. The van der Waals surface area contributed by atoms with E-state index in [0.29, 0.717) is 22.6 Å². The van der Waals surface area contributed by atoms with Crippen molar-refractivity contribution in [3.63, 3.8) is 0 Å². The van der Waals surface area contributed by atoms with Crippen LogP contribution in [0, 0.1) is 22.7 Å². The molecule has 5 heteroatoms. The topological polar surface area (TPSA) is 91.4 Å². The van der Waals surface area contributed by atoms with Gasteiger partial charge in [0.2, 0.25) is 0 Å². The summed E-state index contributed by atoms with van der Waals surface area (Å²) in [5.41, 5.74) is 7.82. The minimum atomic E-state index is 0.226. The largest absolute Gasteiger partial charge is 0.383 e. The van der Waals surface area contributed by atoms with Crippen molar-refractivity contribution in [1.29, 1.82) is 10.5 Å². The molecule has 0 saturated carbocycles. The number of nitrogens with zero attached hydrogens (tertiary/aromatic N) is 4. The second kappa shape index (κ2) is 4.38.